The molecule has 40 heavy (non-hydrogen) atoms. The number of rotatable bonds is 3. The van der Waals surface area contributed by atoms with Crippen molar-refractivity contribution in [3.8, 4) is 0 Å². The molecule has 3 heterocycles. The van der Waals surface area contributed by atoms with Crippen LogP contribution in [0.5, 0.6) is 0 Å². The minimum atomic E-state index is -0.947. The molecule has 1 saturated heterocycles. The topological polar surface area (TPSA) is 78.8 Å². The first-order chi connectivity index (χ1) is 19.0. The van der Waals surface area contributed by atoms with Gasteiger partial charge in [0.1, 0.15) is 29.7 Å². The Morgan fingerprint density at radius 1 is 1.12 bits per heavy atom. The molecule has 0 radical (unpaired) electrons. The summed E-state index contributed by atoms with van der Waals surface area (Å²) in [6, 6.07) is 12.2. The summed E-state index contributed by atoms with van der Waals surface area (Å²) in [6.07, 6.45) is 3.99. The lowest BCUT2D eigenvalue weighted by Crippen LogP contribution is -2.48. The lowest BCUT2D eigenvalue weighted by molar-refractivity contribution is 0.0171. The number of benzene rings is 2. The van der Waals surface area contributed by atoms with Crippen LogP contribution in [-0.2, 0) is 16.6 Å². The second-order valence-corrected chi connectivity index (χ2v) is 12.6. The third kappa shape index (κ3) is 4.72. The fraction of sp³-hybridized carbons (Fsp3) is 0.469. The number of aliphatic hydroxyl groups is 1. The number of amides is 1. The van der Waals surface area contributed by atoms with Crippen molar-refractivity contribution in [2.24, 2.45) is 0 Å². The summed E-state index contributed by atoms with van der Waals surface area (Å²) in [5.41, 5.74) is 5.02. The Morgan fingerprint density at radius 2 is 1.88 bits per heavy atom. The molecule has 3 aliphatic rings. The summed E-state index contributed by atoms with van der Waals surface area (Å²) in [7, 11) is 0. The largest absolute Gasteiger partial charge is 0.444 e. The highest BCUT2D eigenvalue weighted by atomic mass is 19.1. The normalized spacial score (nSPS) is 20.4. The molecule has 1 N–H and O–H groups in total. The van der Waals surface area contributed by atoms with E-state index in [9.17, 15) is 14.3 Å². The van der Waals surface area contributed by atoms with Crippen molar-refractivity contribution < 1.29 is 19.0 Å². The fourth-order valence-electron chi connectivity index (χ4n) is 6.62. The lowest BCUT2D eigenvalue weighted by Gasteiger charge is -2.40. The predicted molar refractivity (Wildman–Crippen MR) is 151 cm³/mol. The van der Waals surface area contributed by atoms with Crippen LogP contribution in [0.4, 0.5) is 20.7 Å². The number of anilines is 2. The van der Waals surface area contributed by atoms with Gasteiger partial charge in [0.05, 0.1) is 0 Å². The van der Waals surface area contributed by atoms with E-state index in [0.29, 0.717) is 24.6 Å². The van der Waals surface area contributed by atoms with Gasteiger partial charge in [0, 0.05) is 42.0 Å². The third-order valence-electron chi connectivity index (χ3n) is 8.70. The highest BCUT2D eigenvalue weighted by Crippen LogP contribution is 2.52. The van der Waals surface area contributed by atoms with Crippen LogP contribution in [0.25, 0.3) is 0 Å². The summed E-state index contributed by atoms with van der Waals surface area (Å²) in [5.74, 6) is 0.969. The van der Waals surface area contributed by atoms with E-state index in [2.05, 4.69) is 28.9 Å². The minimum Gasteiger partial charge on any atom is -0.444 e. The summed E-state index contributed by atoms with van der Waals surface area (Å²) in [6.45, 7) is 9.79. The van der Waals surface area contributed by atoms with Crippen LogP contribution in [0.1, 0.15) is 86.9 Å². The molecule has 210 valence electrons. The Hall–Kier alpha value is -3.52. The van der Waals surface area contributed by atoms with E-state index in [1.165, 1.54) is 17.7 Å². The van der Waals surface area contributed by atoms with Crippen LogP contribution in [0.3, 0.4) is 0 Å². The third-order valence-corrected chi connectivity index (χ3v) is 8.70. The van der Waals surface area contributed by atoms with E-state index in [4.69, 9.17) is 9.72 Å². The fourth-order valence-corrected chi connectivity index (χ4v) is 6.62. The Balaban J connectivity index is 1.38. The van der Waals surface area contributed by atoms with Crippen LogP contribution in [0.2, 0.25) is 0 Å². The van der Waals surface area contributed by atoms with Gasteiger partial charge in [0.25, 0.3) is 0 Å². The Bertz CT molecular complexity index is 1440. The van der Waals surface area contributed by atoms with Crippen molar-refractivity contribution in [1.82, 2.24) is 14.9 Å². The number of piperidine rings is 1. The van der Waals surface area contributed by atoms with Crippen molar-refractivity contribution in [1.29, 1.82) is 0 Å². The Morgan fingerprint density at radius 3 is 2.60 bits per heavy atom. The number of halogens is 1. The summed E-state index contributed by atoms with van der Waals surface area (Å²) in [5, 5.41) is 11.2. The summed E-state index contributed by atoms with van der Waals surface area (Å²) >= 11 is 0. The van der Waals surface area contributed by atoms with Gasteiger partial charge in [-0.2, -0.15) is 0 Å². The van der Waals surface area contributed by atoms with Crippen molar-refractivity contribution in [3.05, 3.63) is 82.6 Å². The maximum absolute atomic E-state index is 14.0. The van der Waals surface area contributed by atoms with E-state index in [0.717, 1.165) is 60.6 Å². The molecular formula is C32H37FN4O3. The van der Waals surface area contributed by atoms with Gasteiger partial charge in [-0.1, -0.05) is 31.2 Å². The van der Waals surface area contributed by atoms with Crippen molar-refractivity contribution in [3.63, 3.8) is 0 Å². The first-order valence-electron chi connectivity index (χ1n) is 14.2. The van der Waals surface area contributed by atoms with Crippen LogP contribution >= 0.6 is 0 Å². The van der Waals surface area contributed by atoms with Gasteiger partial charge in [-0.15, -0.1) is 0 Å². The standard InChI is InChI=1S/C32H37FN4O3/c1-20-8-10-25-27(20)29(35-19-34-25)37-18-32(12-14-36(15-13-32)30(39)40-31(2,3)4)24-17-22(9-11-26(24)37)28(38)21-6-5-7-23(33)16-21/h5-7,9,11,16-17,19-20,28,38H,8,10,12-15,18H2,1-4H3. The Labute approximate surface area is 235 Å². The SMILES string of the molecule is CC1CCc2ncnc(N3CC4(CCN(C(=O)OC(C)(C)C)CC4)c4cc(C(O)c5cccc(F)c5)ccc43)c21. The number of nitrogens with zero attached hydrogens (tertiary/aromatic N) is 4. The molecule has 1 aliphatic carbocycles. The van der Waals surface area contributed by atoms with Crippen molar-refractivity contribution in [2.75, 3.05) is 24.5 Å². The number of carbonyl (C=O) groups is 1. The highest BCUT2D eigenvalue weighted by Gasteiger charge is 2.47. The quantitative estimate of drug-likeness (QED) is 0.425. The molecule has 2 aliphatic heterocycles. The first kappa shape index (κ1) is 26.7. The zero-order valence-corrected chi connectivity index (χ0v) is 23.7. The van der Waals surface area contributed by atoms with Gasteiger partial charge in [-0.25, -0.2) is 19.2 Å². The number of ether oxygens (including phenoxy) is 1. The predicted octanol–water partition coefficient (Wildman–Crippen LogP) is 6.17. The van der Waals surface area contributed by atoms with Crippen LogP contribution in [0, 0.1) is 5.82 Å². The number of aliphatic hydroxyl groups excluding tert-OH is 1. The molecule has 2 unspecified atom stereocenters. The van der Waals surface area contributed by atoms with Crippen LogP contribution in [0.15, 0.2) is 48.8 Å². The molecule has 7 nitrogen and oxygen atoms in total. The second-order valence-electron chi connectivity index (χ2n) is 12.6. The zero-order chi connectivity index (χ0) is 28.2. The Kier molecular flexibility index (Phi) is 6.56. The average Bonchev–Trinajstić information content (AvgIpc) is 3.45. The molecule has 1 spiro atoms. The van der Waals surface area contributed by atoms with Gasteiger partial charge < -0.3 is 19.6 Å². The molecule has 6 rings (SSSR count). The molecule has 1 fully saturated rings. The monoisotopic (exact) mass is 544 g/mol. The number of hydrogen-bond acceptors (Lipinski definition) is 6. The van der Waals surface area contributed by atoms with E-state index in [1.54, 1.807) is 23.4 Å². The number of aryl methyl sites for hydroxylation is 1. The average molecular weight is 545 g/mol. The molecule has 2 atom stereocenters. The van der Waals surface area contributed by atoms with E-state index in [-0.39, 0.29) is 17.3 Å². The van der Waals surface area contributed by atoms with Crippen LogP contribution < -0.4 is 4.90 Å². The molecule has 0 bridgehead atoms. The van der Waals surface area contributed by atoms with E-state index < -0.39 is 11.7 Å². The van der Waals surface area contributed by atoms with Crippen molar-refractivity contribution >= 4 is 17.6 Å². The lowest BCUT2D eigenvalue weighted by atomic mass is 9.73. The van der Waals surface area contributed by atoms with E-state index in [1.807, 2.05) is 26.8 Å². The zero-order valence-electron chi connectivity index (χ0n) is 23.7. The van der Waals surface area contributed by atoms with Gasteiger partial charge in [-0.3, -0.25) is 0 Å². The molecular weight excluding hydrogens is 507 g/mol. The smallest absolute Gasteiger partial charge is 0.410 e. The van der Waals surface area contributed by atoms with Gasteiger partial charge in [-0.05, 0) is 87.3 Å². The number of hydrogen-bond donors (Lipinski definition) is 1. The molecule has 2 aromatic carbocycles. The van der Waals surface area contributed by atoms with Crippen molar-refractivity contribution in [2.45, 2.75) is 76.4 Å². The maximum atomic E-state index is 14.0. The molecule has 3 aromatic rings. The second kappa shape index (κ2) is 9.84. The number of aromatic nitrogens is 2. The van der Waals surface area contributed by atoms with Gasteiger partial charge in [0.2, 0.25) is 0 Å². The summed E-state index contributed by atoms with van der Waals surface area (Å²) in [4.78, 5) is 26.3. The number of fused-ring (bicyclic) bond motifs is 3. The van der Waals surface area contributed by atoms with E-state index >= 15 is 0 Å². The number of likely N-dealkylation sites (tertiary alicyclic amines) is 1. The first-order valence-corrected chi connectivity index (χ1v) is 14.2. The molecule has 0 saturated carbocycles. The molecule has 1 amide bonds. The van der Waals surface area contributed by atoms with Gasteiger partial charge in [0.15, 0.2) is 0 Å². The number of carbonyl (C=O) groups excluding carboxylic acids is 1. The minimum absolute atomic E-state index is 0.231. The molecule has 8 heteroatoms. The highest BCUT2D eigenvalue weighted by molar-refractivity contribution is 5.75. The van der Waals surface area contributed by atoms with Crippen LogP contribution in [-0.4, -0.2) is 51.3 Å². The summed E-state index contributed by atoms with van der Waals surface area (Å²) < 4.78 is 19.6. The maximum Gasteiger partial charge on any atom is 0.410 e. The molecule has 1 aromatic heterocycles. The van der Waals surface area contributed by atoms with Gasteiger partial charge >= 0.3 is 6.09 Å².